The number of nitrogens with one attached hydrogen (secondary N) is 1. The molecule has 20 heavy (non-hydrogen) atoms. The van der Waals surface area contributed by atoms with Crippen LogP contribution in [-0.4, -0.2) is 29.4 Å². The van der Waals surface area contributed by atoms with Crippen LogP contribution in [0, 0.1) is 0 Å². The van der Waals surface area contributed by atoms with Crippen molar-refractivity contribution in [1.82, 2.24) is 5.32 Å². The van der Waals surface area contributed by atoms with Crippen molar-refractivity contribution in [3.63, 3.8) is 0 Å². The van der Waals surface area contributed by atoms with Crippen molar-refractivity contribution in [3.05, 3.63) is 0 Å². The molecule has 0 aliphatic carbocycles. The molecule has 0 aromatic rings. The first-order valence-corrected chi connectivity index (χ1v) is 8.92. The lowest BCUT2D eigenvalue weighted by Crippen LogP contribution is -2.37. The molecule has 0 aliphatic heterocycles. The van der Waals surface area contributed by atoms with E-state index in [2.05, 4.69) is 24.9 Å². The Morgan fingerprint density at radius 1 is 1.00 bits per heavy atom. The van der Waals surface area contributed by atoms with Crippen molar-refractivity contribution in [2.75, 3.05) is 12.3 Å². The molecular weight excluding hydrogens is 270 g/mol. The number of aliphatic carboxylic acids is 1. The Morgan fingerprint density at radius 3 is 1.95 bits per heavy atom. The number of unbranched alkanes of at least 4 members (excludes halogenated alkanes) is 9. The van der Waals surface area contributed by atoms with E-state index in [1.54, 1.807) is 0 Å². The zero-order chi connectivity index (χ0) is 15.1. The van der Waals surface area contributed by atoms with Crippen LogP contribution in [0.1, 0.15) is 77.6 Å². The van der Waals surface area contributed by atoms with Gasteiger partial charge in [-0.15, -0.1) is 0 Å². The monoisotopic (exact) mass is 303 g/mol. The highest BCUT2D eigenvalue weighted by Crippen LogP contribution is 2.10. The first-order valence-electron chi connectivity index (χ1n) is 8.29. The van der Waals surface area contributed by atoms with E-state index in [0.29, 0.717) is 12.2 Å². The molecule has 0 saturated heterocycles. The van der Waals surface area contributed by atoms with Crippen LogP contribution in [0.25, 0.3) is 0 Å². The van der Waals surface area contributed by atoms with Gasteiger partial charge in [-0.2, -0.15) is 12.6 Å². The molecular formula is C16H33NO2S. The van der Waals surface area contributed by atoms with Gasteiger partial charge >= 0.3 is 5.97 Å². The average molecular weight is 304 g/mol. The second kappa shape index (κ2) is 15.2. The summed E-state index contributed by atoms with van der Waals surface area (Å²) in [6.07, 6.45) is 13.7. The summed E-state index contributed by atoms with van der Waals surface area (Å²) in [4.78, 5) is 10.9. The Bertz CT molecular complexity index is 225. The van der Waals surface area contributed by atoms with Crippen molar-refractivity contribution < 1.29 is 9.90 Å². The van der Waals surface area contributed by atoms with Crippen LogP contribution >= 0.6 is 12.6 Å². The van der Waals surface area contributed by atoms with Crippen LogP contribution in [0.3, 0.4) is 0 Å². The zero-order valence-electron chi connectivity index (χ0n) is 13.1. The van der Waals surface area contributed by atoms with E-state index < -0.39 is 12.0 Å². The topological polar surface area (TPSA) is 49.3 Å². The van der Waals surface area contributed by atoms with Gasteiger partial charge in [-0.1, -0.05) is 64.7 Å². The van der Waals surface area contributed by atoms with E-state index in [0.717, 1.165) is 13.0 Å². The molecule has 0 fully saturated rings. The first kappa shape index (κ1) is 19.8. The molecule has 0 rings (SSSR count). The predicted octanol–water partition coefficient (Wildman–Crippen LogP) is 4.27. The molecule has 0 spiro atoms. The lowest BCUT2D eigenvalue weighted by Gasteiger charge is -2.12. The van der Waals surface area contributed by atoms with E-state index in [-0.39, 0.29) is 0 Å². The van der Waals surface area contributed by atoms with Crippen molar-refractivity contribution in [3.8, 4) is 0 Å². The fourth-order valence-corrected chi connectivity index (χ4v) is 2.59. The molecule has 0 heterocycles. The minimum absolute atomic E-state index is 0.425. The normalized spacial score (nSPS) is 12.5. The summed E-state index contributed by atoms with van der Waals surface area (Å²) in [6, 6.07) is -0.425. The van der Waals surface area contributed by atoms with Gasteiger partial charge < -0.3 is 10.4 Å². The number of carbonyl (C=O) groups is 1. The van der Waals surface area contributed by atoms with Crippen molar-refractivity contribution in [1.29, 1.82) is 0 Å². The number of thiol groups is 1. The minimum atomic E-state index is -0.758. The fraction of sp³-hybridized carbons (Fsp3) is 0.938. The zero-order valence-corrected chi connectivity index (χ0v) is 14.0. The number of hydrogen-bond acceptors (Lipinski definition) is 3. The summed E-state index contributed by atoms with van der Waals surface area (Å²) < 4.78 is 0. The van der Waals surface area contributed by atoms with Gasteiger partial charge in [0, 0.05) is 0 Å². The van der Waals surface area contributed by atoms with E-state index in [1.807, 2.05) is 0 Å². The standard InChI is InChI=1S/C16H33NO2S/c1-2-3-4-5-6-7-8-9-10-11-13-17-15(12-14-20)16(18)19/h15,17,20H,2-14H2,1H3,(H,18,19)/t15-/m0/s1. The molecule has 1 atom stereocenters. The van der Waals surface area contributed by atoms with E-state index >= 15 is 0 Å². The SMILES string of the molecule is CCCCCCCCCCCCN[C@@H](CCS)C(=O)O. The summed E-state index contributed by atoms with van der Waals surface area (Å²) >= 11 is 4.08. The number of carboxylic acid groups (broad SMARTS) is 1. The summed E-state index contributed by atoms with van der Waals surface area (Å²) in [7, 11) is 0. The van der Waals surface area contributed by atoms with Crippen molar-refractivity contribution in [2.24, 2.45) is 0 Å². The Morgan fingerprint density at radius 2 is 1.50 bits per heavy atom. The highest BCUT2D eigenvalue weighted by atomic mass is 32.1. The van der Waals surface area contributed by atoms with Gasteiger partial charge in [0.15, 0.2) is 0 Å². The molecule has 0 radical (unpaired) electrons. The van der Waals surface area contributed by atoms with E-state index in [1.165, 1.54) is 57.8 Å². The third-order valence-electron chi connectivity index (χ3n) is 3.64. The van der Waals surface area contributed by atoms with Gasteiger partial charge in [0.05, 0.1) is 0 Å². The molecule has 120 valence electrons. The quantitative estimate of drug-likeness (QED) is 0.313. The van der Waals surface area contributed by atoms with Crippen molar-refractivity contribution in [2.45, 2.75) is 83.6 Å². The molecule has 0 amide bonds. The lowest BCUT2D eigenvalue weighted by atomic mass is 10.1. The summed E-state index contributed by atoms with van der Waals surface area (Å²) in [6.45, 7) is 3.06. The van der Waals surface area contributed by atoms with Crippen LogP contribution in [0.4, 0.5) is 0 Å². The minimum Gasteiger partial charge on any atom is -0.480 e. The maximum atomic E-state index is 10.9. The highest BCUT2D eigenvalue weighted by Gasteiger charge is 2.14. The smallest absolute Gasteiger partial charge is 0.320 e. The molecule has 0 unspecified atom stereocenters. The van der Waals surface area contributed by atoms with Crippen LogP contribution in [0.2, 0.25) is 0 Å². The molecule has 4 heteroatoms. The summed E-state index contributed by atoms with van der Waals surface area (Å²) in [5.74, 6) is -0.145. The highest BCUT2D eigenvalue weighted by molar-refractivity contribution is 7.80. The Balaban J connectivity index is 3.25. The Labute approximate surface area is 130 Å². The van der Waals surface area contributed by atoms with E-state index in [9.17, 15) is 4.79 Å². The Kier molecular flexibility index (Phi) is 15.0. The molecule has 0 aromatic carbocycles. The maximum absolute atomic E-state index is 10.9. The third-order valence-corrected chi connectivity index (χ3v) is 3.90. The molecule has 2 N–H and O–H groups in total. The molecule has 0 bridgehead atoms. The third kappa shape index (κ3) is 12.8. The average Bonchev–Trinajstić information content (AvgIpc) is 2.43. The molecule has 0 aromatic heterocycles. The number of carboxylic acids is 1. The molecule has 3 nitrogen and oxygen atoms in total. The summed E-state index contributed by atoms with van der Waals surface area (Å²) in [5, 5.41) is 12.1. The maximum Gasteiger partial charge on any atom is 0.320 e. The second-order valence-electron chi connectivity index (χ2n) is 5.54. The summed E-state index contributed by atoms with van der Waals surface area (Å²) in [5.41, 5.74) is 0. The second-order valence-corrected chi connectivity index (χ2v) is 5.99. The van der Waals surface area contributed by atoms with Crippen LogP contribution in [0.15, 0.2) is 0 Å². The molecule has 0 aliphatic rings. The van der Waals surface area contributed by atoms with Gasteiger partial charge in [-0.05, 0) is 25.1 Å². The van der Waals surface area contributed by atoms with Crippen LogP contribution in [-0.2, 0) is 4.79 Å². The number of rotatable bonds is 15. The first-order chi connectivity index (χ1) is 9.72. The molecule has 0 saturated carbocycles. The number of hydrogen-bond donors (Lipinski definition) is 3. The van der Waals surface area contributed by atoms with Gasteiger partial charge in [-0.25, -0.2) is 0 Å². The predicted molar refractivity (Wildman–Crippen MR) is 89.7 cm³/mol. The fourth-order valence-electron chi connectivity index (χ4n) is 2.33. The van der Waals surface area contributed by atoms with E-state index in [4.69, 9.17) is 5.11 Å². The largest absolute Gasteiger partial charge is 0.480 e. The van der Waals surface area contributed by atoms with Crippen LogP contribution in [0.5, 0.6) is 0 Å². The Hall–Kier alpha value is -0.220. The van der Waals surface area contributed by atoms with Gasteiger partial charge in [-0.3, -0.25) is 4.79 Å². The lowest BCUT2D eigenvalue weighted by molar-refractivity contribution is -0.139. The van der Waals surface area contributed by atoms with Gasteiger partial charge in [0.2, 0.25) is 0 Å². The van der Waals surface area contributed by atoms with Gasteiger partial charge in [0.1, 0.15) is 6.04 Å². The van der Waals surface area contributed by atoms with Gasteiger partial charge in [0.25, 0.3) is 0 Å². The van der Waals surface area contributed by atoms with Crippen molar-refractivity contribution >= 4 is 18.6 Å². The van der Waals surface area contributed by atoms with Crippen LogP contribution < -0.4 is 5.32 Å².